The number of carbonyl (C=O) groups excluding carboxylic acids is 2. The van der Waals surface area contributed by atoms with Gasteiger partial charge in [-0.25, -0.2) is 0 Å². The highest BCUT2D eigenvalue weighted by molar-refractivity contribution is 6.31. The molecule has 0 aliphatic rings. The van der Waals surface area contributed by atoms with Crippen LogP contribution in [0.1, 0.15) is 32.8 Å². The van der Waals surface area contributed by atoms with E-state index in [9.17, 15) is 22.8 Å². The molecule has 0 aliphatic heterocycles. The molecule has 5 nitrogen and oxygen atoms in total. The molecule has 0 saturated heterocycles. The van der Waals surface area contributed by atoms with Gasteiger partial charge in [0.05, 0.1) is 23.4 Å². The SMILES string of the molecule is CNC(=O)c1ccc(CN(Cc2ccco2)C(=O)/C=C/c2ccc(Cl)c(C(F)(F)F)c2)cc1. The summed E-state index contributed by atoms with van der Waals surface area (Å²) in [7, 11) is 1.53. The molecule has 2 amide bonds. The van der Waals surface area contributed by atoms with Crippen molar-refractivity contribution in [2.75, 3.05) is 7.05 Å². The first-order chi connectivity index (χ1) is 15.7. The number of amides is 2. The summed E-state index contributed by atoms with van der Waals surface area (Å²) in [6.07, 6.45) is -0.613. The van der Waals surface area contributed by atoms with E-state index < -0.39 is 22.7 Å². The smallest absolute Gasteiger partial charge is 0.417 e. The molecule has 0 atom stereocenters. The van der Waals surface area contributed by atoms with Crippen LogP contribution in [0, 0.1) is 0 Å². The van der Waals surface area contributed by atoms with Crippen molar-refractivity contribution >= 4 is 29.5 Å². The molecule has 0 fully saturated rings. The average Bonchev–Trinajstić information content (AvgIpc) is 3.30. The van der Waals surface area contributed by atoms with Crippen LogP contribution in [-0.2, 0) is 24.1 Å². The van der Waals surface area contributed by atoms with Gasteiger partial charge in [0.25, 0.3) is 5.91 Å². The quantitative estimate of drug-likeness (QED) is 0.454. The Balaban J connectivity index is 1.80. The van der Waals surface area contributed by atoms with Gasteiger partial charge in [-0.2, -0.15) is 13.2 Å². The molecule has 0 aliphatic carbocycles. The number of hydrogen-bond donors (Lipinski definition) is 1. The van der Waals surface area contributed by atoms with Crippen molar-refractivity contribution in [3.63, 3.8) is 0 Å². The van der Waals surface area contributed by atoms with E-state index in [1.165, 1.54) is 36.4 Å². The van der Waals surface area contributed by atoms with Crippen LogP contribution in [0.2, 0.25) is 5.02 Å². The Hall–Kier alpha value is -3.52. The lowest BCUT2D eigenvalue weighted by Crippen LogP contribution is -2.28. The van der Waals surface area contributed by atoms with Crippen LogP contribution >= 0.6 is 11.6 Å². The van der Waals surface area contributed by atoms with Crippen molar-refractivity contribution in [1.82, 2.24) is 10.2 Å². The number of rotatable bonds is 7. The third-order valence-corrected chi connectivity index (χ3v) is 5.10. The van der Waals surface area contributed by atoms with Crippen LogP contribution in [0.15, 0.2) is 71.4 Å². The number of halogens is 4. The number of hydrogen-bond acceptors (Lipinski definition) is 3. The molecule has 3 rings (SSSR count). The van der Waals surface area contributed by atoms with Crippen molar-refractivity contribution < 1.29 is 27.2 Å². The minimum atomic E-state index is -4.60. The molecule has 33 heavy (non-hydrogen) atoms. The van der Waals surface area contributed by atoms with Crippen molar-refractivity contribution in [2.45, 2.75) is 19.3 Å². The molecule has 2 aromatic carbocycles. The second-order valence-electron chi connectivity index (χ2n) is 7.12. The highest BCUT2D eigenvalue weighted by atomic mass is 35.5. The van der Waals surface area contributed by atoms with Crippen molar-refractivity contribution in [2.24, 2.45) is 0 Å². The standard InChI is InChI=1S/C24H20ClF3N2O3/c1-29-23(32)18-8-4-17(5-9-18)14-30(15-19-3-2-12-33-19)22(31)11-7-16-6-10-21(25)20(13-16)24(26,27)28/h2-13H,14-15H2,1H3,(H,29,32)/b11-7+. The van der Waals surface area contributed by atoms with E-state index in [2.05, 4.69) is 5.32 Å². The Morgan fingerprint density at radius 3 is 2.42 bits per heavy atom. The van der Waals surface area contributed by atoms with E-state index >= 15 is 0 Å². The van der Waals surface area contributed by atoms with E-state index in [1.807, 2.05) is 0 Å². The first-order valence-corrected chi connectivity index (χ1v) is 10.2. The Labute approximate surface area is 193 Å². The van der Waals surface area contributed by atoms with E-state index in [0.29, 0.717) is 11.3 Å². The Morgan fingerprint density at radius 2 is 1.82 bits per heavy atom. The van der Waals surface area contributed by atoms with Crippen LogP contribution in [0.25, 0.3) is 6.08 Å². The Morgan fingerprint density at radius 1 is 1.09 bits per heavy atom. The summed E-state index contributed by atoms with van der Waals surface area (Å²) in [6.45, 7) is 0.355. The number of benzene rings is 2. The number of alkyl halides is 3. The van der Waals surface area contributed by atoms with Crippen LogP contribution in [0.4, 0.5) is 13.2 Å². The first-order valence-electron chi connectivity index (χ1n) is 9.84. The van der Waals surface area contributed by atoms with Crippen LogP contribution in [-0.4, -0.2) is 23.8 Å². The summed E-state index contributed by atoms with van der Waals surface area (Å²) in [4.78, 5) is 26.1. The number of furan rings is 1. The average molecular weight is 477 g/mol. The lowest BCUT2D eigenvalue weighted by Gasteiger charge is -2.20. The van der Waals surface area contributed by atoms with Gasteiger partial charge in [-0.05, 0) is 53.6 Å². The van der Waals surface area contributed by atoms with Gasteiger partial charge in [-0.3, -0.25) is 9.59 Å². The molecule has 3 aromatic rings. The van der Waals surface area contributed by atoms with Crippen molar-refractivity contribution in [1.29, 1.82) is 0 Å². The maximum atomic E-state index is 13.1. The van der Waals surface area contributed by atoms with Gasteiger partial charge in [0.15, 0.2) is 0 Å². The topological polar surface area (TPSA) is 62.6 Å². The summed E-state index contributed by atoms with van der Waals surface area (Å²) < 4.78 is 44.6. The second kappa shape index (κ2) is 10.4. The van der Waals surface area contributed by atoms with Crippen LogP contribution in [0.3, 0.4) is 0 Å². The minimum Gasteiger partial charge on any atom is -0.467 e. The minimum absolute atomic E-state index is 0.155. The molecule has 0 radical (unpaired) electrons. The highest BCUT2D eigenvalue weighted by Crippen LogP contribution is 2.35. The highest BCUT2D eigenvalue weighted by Gasteiger charge is 2.33. The van der Waals surface area contributed by atoms with Crippen molar-refractivity contribution in [3.05, 3.63) is 100.0 Å². The van der Waals surface area contributed by atoms with Crippen LogP contribution < -0.4 is 5.32 Å². The normalized spacial score (nSPS) is 11.5. The fraction of sp³-hybridized carbons (Fsp3) is 0.167. The predicted octanol–water partition coefficient (Wildman–Crippen LogP) is 5.55. The van der Waals surface area contributed by atoms with Gasteiger partial charge in [0, 0.05) is 25.2 Å². The molecule has 0 saturated carbocycles. The van der Waals surface area contributed by atoms with Gasteiger partial charge < -0.3 is 14.6 Å². The number of nitrogens with one attached hydrogen (secondary N) is 1. The lowest BCUT2D eigenvalue weighted by atomic mass is 10.1. The molecule has 9 heteroatoms. The van der Waals surface area contributed by atoms with Crippen LogP contribution in [0.5, 0.6) is 0 Å². The van der Waals surface area contributed by atoms with E-state index in [4.69, 9.17) is 16.0 Å². The van der Waals surface area contributed by atoms with E-state index in [1.54, 1.807) is 36.4 Å². The second-order valence-corrected chi connectivity index (χ2v) is 7.53. The maximum absolute atomic E-state index is 13.1. The first kappa shape index (κ1) is 24.1. The molecule has 0 spiro atoms. The van der Waals surface area contributed by atoms with Crippen molar-refractivity contribution in [3.8, 4) is 0 Å². The summed E-state index contributed by atoms with van der Waals surface area (Å²) in [5.41, 5.74) is 0.463. The molecule has 0 unspecified atom stereocenters. The fourth-order valence-electron chi connectivity index (χ4n) is 3.07. The fourth-order valence-corrected chi connectivity index (χ4v) is 3.29. The lowest BCUT2D eigenvalue weighted by molar-refractivity contribution is -0.137. The monoisotopic (exact) mass is 476 g/mol. The molecule has 1 N–H and O–H groups in total. The zero-order valence-corrected chi connectivity index (χ0v) is 18.3. The zero-order chi connectivity index (χ0) is 24.0. The third kappa shape index (κ3) is 6.49. The van der Waals surface area contributed by atoms with Gasteiger partial charge >= 0.3 is 6.18 Å². The van der Waals surface area contributed by atoms with Gasteiger partial charge in [0.1, 0.15) is 5.76 Å². The van der Waals surface area contributed by atoms with Gasteiger partial charge in [-0.15, -0.1) is 0 Å². The zero-order valence-electron chi connectivity index (χ0n) is 17.5. The van der Waals surface area contributed by atoms with Gasteiger partial charge in [-0.1, -0.05) is 29.8 Å². The molecule has 1 aromatic heterocycles. The Bertz CT molecular complexity index is 1140. The maximum Gasteiger partial charge on any atom is 0.417 e. The Kier molecular flexibility index (Phi) is 7.60. The third-order valence-electron chi connectivity index (χ3n) is 4.77. The molecule has 172 valence electrons. The van der Waals surface area contributed by atoms with E-state index in [0.717, 1.165) is 17.7 Å². The molecular weight excluding hydrogens is 457 g/mol. The largest absolute Gasteiger partial charge is 0.467 e. The molecular formula is C24H20ClF3N2O3. The molecule has 0 bridgehead atoms. The summed E-state index contributed by atoms with van der Waals surface area (Å²) in [5, 5.41) is 2.12. The number of carbonyl (C=O) groups is 2. The molecule has 1 heterocycles. The van der Waals surface area contributed by atoms with Gasteiger partial charge in [0.2, 0.25) is 5.91 Å². The number of nitrogens with zero attached hydrogens (tertiary/aromatic N) is 1. The van der Waals surface area contributed by atoms with E-state index in [-0.39, 0.29) is 24.6 Å². The summed E-state index contributed by atoms with van der Waals surface area (Å²) in [5.74, 6) is -0.107. The summed E-state index contributed by atoms with van der Waals surface area (Å²) in [6, 6.07) is 13.6. The predicted molar refractivity (Wildman–Crippen MR) is 118 cm³/mol. The summed E-state index contributed by atoms with van der Waals surface area (Å²) >= 11 is 5.65.